The lowest BCUT2D eigenvalue weighted by atomic mass is 10.3. The number of benzene rings is 1. The van der Waals surface area contributed by atoms with E-state index in [9.17, 15) is 18.0 Å². The number of urea groups is 1. The zero-order valence-electron chi connectivity index (χ0n) is 12.9. The molecule has 0 aliphatic heterocycles. The molecule has 0 saturated heterocycles. The van der Waals surface area contributed by atoms with Crippen molar-refractivity contribution >= 4 is 17.1 Å². The first-order chi connectivity index (χ1) is 10.8. The molecule has 0 unspecified atom stereocenters. The molecule has 126 valence electrons. The smallest absolute Gasteiger partial charge is 0.336 e. The van der Waals surface area contributed by atoms with Crippen molar-refractivity contribution < 1.29 is 18.0 Å². The Bertz CT molecular complexity index is 681. The largest absolute Gasteiger partial charge is 0.449 e. The maximum Gasteiger partial charge on any atom is 0.449 e. The lowest BCUT2D eigenvalue weighted by molar-refractivity contribution is -0.146. The maximum absolute atomic E-state index is 13.1. The van der Waals surface area contributed by atoms with Gasteiger partial charge in [-0.2, -0.15) is 13.2 Å². The highest BCUT2D eigenvalue weighted by Gasteiger charge is 2.37. The van der Waals surface area contributed by atoms with E-state index in [1.54, 1.807) is 18.2 Å². The van der Waals surface area contributed by atoms with E-state index in [2.05, 4.69) is 15.6 Å². The molecule has 0 aliphatic rings. The molecule has 1 aromatic heterocycles. The van der Waals surface area contributed by atoms with E-state index in [0.717, 1.165) is 11.0 Å². The van der Waals surface area contributed by atoms with Crippen LogP contribution in [0.15, 0.2) is 24.3 Å². The summed E-state index contributed by atoms with van der Waals surface area (Å²) in [7, 11) is 0. The first kappa shape index (κ1) is 17.1. The molecule has 1 heterocycles. The Morgan fingerprint density at radius 3 is 2.70 bits per heavy atom. The van der Waals surface area contributed by atoms with Crippen molar-refractivity contribution in [3.63, 3.8) is 0 Å². The van der Waals surface area contributed by atoms with Gasteiger partial charge >= 0.3 is 12.2 Å². The average molecular weight is 328 g/mol. The monoisotopic (exact) mass is 328 g/mol. The summed E-state index contributed by atoms with van der Waals surface area (Å²) in [5, 5.41) is 5.26. The fourth-order valence-corrected chi connectivity index (χ4v) is 2.18. The summed E-state index contributed by atoms with van der Waals surface area (Å²) in [6.45, 7) is 3.85. The van der Waals surface area contributed by atoms with Crippen LogP contribution in [0.3, 0.4) is 0 Å². The Balaban J connectivity index is 2.11. The second-order valence-corrected chi connectivity index (χ2v) is 5.28. The quantitative estimate of drug-likeness (QED) is 0.886. The summed E-state index contributed by atoms with van der Waals surface area (Å²) in [4.78, 5) is 15.3. The van der Waals surface area contributed by atoms with Crippen molar-refractivity contribution in [2.75, 3.05) is 6.54 Å². The Morgan fingerprint density at radius 1 is 1.35 bits per heavy atom. The van der Waals surface area contributed by atoms with Gasteiger partial charge < -0.3 is 15.2 Å². The number of fused-ring (bicyclic) bond motifs is 1. The SMILES string of the molecule is CC[C@H](C)NC(=O)NCCn1c(C(F)(F)F)nc2ccccc21. The highest BCUT2D eigenvalue weighted by Crippen LogP contribution is 2.31. The first-order valence-corrected chi connectivity index (χ1v) is 7.39. The van der Waals surface area contributed by atoms with Crippen molar-refractivity contribution in [3.8, 4) is 0 Å². The second kappa shape index (κ2) is 6.89. The van der Waals surface area contributed by atoms with E-state index in [1.165, 1.54) is 6.07 Å². The molecular formula is C15H19F3N4O. The number of hydrogen-bond donors (Lipinski definition) is 2. The summed E-state index contributed by atoms with van der Waals surface area (Å²) < 4.78 is 40.4. The molecule has 2 rings (SSSR count). The van der Waals surface area contributed by atoms with Crippen molar-refractivity contribution in [2.45, 2.75) is 39.0 Å². The van der Waals surface area contributed by atoms with Gasteiger partial charge in [-0.15, -0.1) is 0 Å². The Morgan fingerprint density at radius 2 is 2.04 bits per heavy atom. The van der Waals surface area contributed by atoms with Gasteiger partial charge in [0.2, 0.25) is 5.82 Å². The highest BCUT2D eigenvalue weighted by atomic mass is 19.4. The minimum Gasteiger partial charge on any atom is -0.336 e. The number of nitrogens with one attached hydrogen (secondary N) is 2. The maximum atomic E-state index is 13.1. The molecule has 2 N–H and O–H groups in total. The van der Waals surface area contributed by atoms with Gasteiger partial charge in [0.1, 0.15) is 0 Å². The minimum atomic E-state index is -4.54. The van der Waals surface area contributed by atoms with Crippen molar-refractivity contribution in [1.29, 1.82) is 0 Å². The molecule has 8 heteroatoms. The van der Waals surface area contributed by atoms with Gasteiger partial charge in [-0.05, 0) is 25.5 Å². The van der Waals surface area contributed by atoms with Crippen LogP contribution in [-0.2, 0) is 12.7 Å². The summed E-state index contributed by atoms with van der Waals surface area (Å²) in [5.41, 5.74) is 0.674. The van der Waals surface area contributed by atoms with Crippen molar-refractivity contribution in [2.24, 2.45) is 0 Å². The fourth-order valence-electron chi connectivity index (χ4n) is 2.18. The highest BCUT2D eigenvalue weighted by molar-refractivity contribution is 5.76. The summed E-state index contributed by atoms with van der Waals surface area (Å²) >= 11 is 0. The van der Waals surface area contributed by atoms with Crippen LogP contribution in [0.5, 0.6) is 0 Å². The number of amides is 2. The van der Waals surface area contributed by atoms with Crippen LogP contribution in [0.1, 0.15) is 26.1 Å². The number of aromatic nitrogens is 2. The number of para-hydroxylation sites is 2. The van der Waals surface area contributed by atoms with E-state index >= 15 is 0 Å². The number of carbonyl (C=O) groups excluding carboxylic acids is 1. The molecule has 0 spiro atoms. The standard InChI is InChI=1S/C15H19F3N4O/c1-3-10(2)20-14(23)19-8-9-22-12-7-5-4-6-11(12)21-13(22)15(16,17)18/h4-7,10H,3,8-9H2,1-2H3,(H2,19,20,23)/t10-/m0/s1. The first-order valence-electron chi connectivity index (χ1n) is 7.39. The minimum absolute atomic E-state index is 0.00908. The normalized spacial score (nSPS) is 13.1. The predicted molar refractivity (Wildman–Crippen MR) is 81.0 cm³/mol. The zero-order valence-corrected chi connectivity index (χ0v) is 12.9. The number of alkyl halides is 3. The number of carbonyl (C=O) groups is 1. The van der Waals surface area contributed by atoms with Gasteiger partial charge in [-0.3, -0.25) is 0 Å². The summed E-state index contributed by atoms with van der Waals surface area (Å²) in [6, 6.07) is 6.02. The molecule has 0 aliphatic carbocycles. The van der Waals surface area contributed by atoms with Crippen LogP contribution in [0.4, 0.5) is 18.0 Å². The number of hydrogen-bond acceptors (Lipinski definition) is 2. The number of nitrogens with zero attached hydrogens (tertiary/aromatic N) is 2. The van der Waals surface area contributed by atoms with Crippen LogP contribution in [0.25, 0.3) is 11.0 Å². The van der Waals surface area contributed by atoms with Gasteiger partial charge in [-0.25, -0.2) is 9.78 Å². The van der Waals surface area contributed by atoms with E-state index in [4.69, 9.17) is 0 Å². The third-order valence-electron chi connectivity index (χ3n) is 3.52. The third-order valence-corrected chi connectivity index (χ3v) is 3.52. The van der Waals surface area contributed by atoms with Crippen LogP contribution in [-0.4, -0.2) is 28.2 Å². The van der Waals surface area contributed by atoms with Crippen molar-refractivity contribution in [1.82, 2.24) is 20.2 Å². The fraction of sp³-hybridized carbons (Fsp3) is 0.467. The molecule has 5 nitrogen and oxygen atoms in total. The predicted octanol–water partition coefficient (Wildman–Crippen LogP) is 3.15. The molecule has 1 aromatic carbocycles. The third kappa shape index (κ3) is 4.14. The van der Waals surface area contributed by atoms with Crippen LogP contribution in [0, 0.1) is 0 Å². The van der Waals surface area contributed by atoms with Crippen LogP contribution in [0.2, 0.25) is 0 Å². The number of halogens is 3. The summed E-state index contributed by atoms with van der Waals surface area (Å²) in [6.07, 6.45) is -3.77. The van der Waals surface area contributed by atoms with E-state index in [1.807, 2.05) is 13.8 Å². The Kier molecular flexibility index (Phi) is 5.12. The van der Waals surface area contributed by atoms with Gasteiger partial charge in [0.25, 0.3) is 0 Å². The molecule has 0 saturated carbocycles. The van der Waals surface area contributed by atoms with E-state index < -0.39 is 18.0 Å². The Labute approximate surface area is 131 Å². The van der Waals surface area contributed by atoms with Gasteiger partial charge in [0, 0.05) is 19.1 Å². The van der Waals surface area contributed by atoms with Crippen LogP contribution >= 0.6 is 0 Å². The topological polar surface area (TPSA) is 59.0 Å². The molecule has 1 atom stereocenters. The second-order valence-electron chi connectivity index (χ2n) is 5.28. The molecular weight excluding hydrogens is 309 g/mol. The molecule has 0 fully saturated rings. The molecule has 0 radical (unpaired) electrons. The lowest BCUT2D eigenvalue weighted by Crippen LogP contribution is -2.41. The molecule has 0 bridgehead atoms. The van der Waals surface area contributed by atoms with Gasteiger partial charge in [0.05, 0.1) is 11.0 Å². The van der Waals surface area contributed by atoms with E-state index in [-0.39, 0.29) is 24.6 Å². The number of imidazole rings is 1. The lowest BCUT2D eigenvalue weighted by Gasteiger charge is -2.14. The number of rotatable bonds is 5. The molecule has 2 aromatic rings. The van der Waals surface area contributed by atoms with Crippen molar-refractivity contribution in [3.05, 3.63) is 30.1 Å². The zero-order chi connectivity index (χ0) is 17.0. The molecule has 2 amide bonds. The molecule has 23 heavy (non-hydrogen) atoms. The Hall–Kier alpha value is -2.25. The van der Waals surface area contributed by atoms with E-state index in [0.29, 0.717) is 5.52 Å². The van der Waals surface area contributed by atoms with Gasteiger partial charge in [0.15, 0.2) is 0 Å². The van der Waals surface area contributed by atoms with Crippen LogP contribution < -0.4 is 10.6 Å². The van der Waals surface area contributed by atoms with Gasteiger partial charge in [-0.1, -0.05) is 19.1 Å². The summed E-state index contributed by atoms with van der Waals surface area (Å²) in [5.74, 6) is -0.956. The average Bonchev–Trinajstić information content (AvgIpc) is 2.86.